The van der Waals surface area contributed by atoms with Gasteiger partial charge < -0.3 is 14.9 Å². The van der Waals surface area contributed by atoms with Crippen LogP contribution in [0.25, 0.3) is 0 Å². The number of carbonyl (C=O) groups excluding carboxylic acids is 2. The topological polar surface area (TPSA) is 118 Å². The third-order valence-electron chi connectivity index (χ3n) is 5.22. The van der Waals surface area contributed by atoms with Crippen LogP contribution in [0.1, 0.15) is 64.2 Å². The molecular formula is C16H22O7. The monoisotopic (exact) mass is 326 g/mol. The van der Waals surface area contributed by atoms with Gasteiger partial charge in [0.05, 0.1) is 23.7 Å². The average molecular weight is 326 g/mol. The van der Waals surface area contributed by atoms with Crippen molar-refractivity contribution in [1.82, 2.24) is 0 Å². The molecule has 0 aromatic carbocycles. The van der Waals surface area contributed by atoms with Crippen LogP contribution in [0.15, 0.2) is 0 Å². The van der Waals surface area contributed by atoms with Gasteiger partial charge in [0, 0.05) is 0 Å². The van der Waals surface area contributed by atoms with Crippen LogP contribution in [-0.2, 0) is 23.9 Å². The molecule has 0 aromatic rings. The fraction of sp³-hybridized carbons (Fsp3) is 0.750. The first-order valence-electron chi connectivity index (χ1n) is 8.00. The molecule has 0 atom stereocenters. The van der Waals surface area contributed by atoms with Crippen molar-refractivity contribution in [2.24, 2.45) is 10.8 Å². The van der Waals surface area contributed by atoms with Gasteiger partial charge in [0.15, 0.2) is 0 Å². The standard InChI is InChI=1S/C16H22O7/c17-11(9-15(13(19)20)5-1-2-6-15)23-12(18)10-16(14(21)22)7-3-4-8-16/h1-10H2,(H,19,20)(H,21,22). The van der Waals surface area contributed by atoms with Gasteiger partial charge in [0.25, 0.3) is 0 Å². The number of carboxylic acids is 2. The normalized spacial score (nSPS) is 21.7. The van der Waals surface area contributed by atoms with E-state index in [2.05, 4.69) is 0 Å². The lowest BCUT2D eigenvalue weighted by molar-refractivity contribution is -0.169. The van der Waals surface area contributed by atoms with E-state index in [4.69, 9.17) is 4.74 Å². The molecule has 2 aliphatic rings. The van der Waals surface area contributed by atoms with E-state index >= 15 is 0 Å². The quantitative estimate of drug-likeness (QED) is 0.567. The van der Waals surface area contributed by atoms with E-state index in [1.54, 1.807) is 0 Å². The molecule has 7 nitrogen and oxygen atoms in total. The Morgan fingerprint density at radius 3 is 1.26 bits per heavy atom. The van der Waals surface area contributed by atoms with E-state index in [1.165, 1.54) is 0 Å². The van der Waals surface area contributed by atoms with Crippen molar-refractivity contribution in [3.8, 4) is 0 Å². The summed E-state index contributed by atoms with van der Waals surface area (Å²) in [6.45, 7) is 0. The Bertz CT molecular complexity index is 465. The van der Waals surface area contributed by atoms with E-state index in [0.717, 1.165) is 25.7 Å². The summed E-state index contributed by atoms with van der Waals surface area (Å²) in [5.74, 6) is -3.84. The lowest BCUT2D eigenvalue weighted by atomic mass is 9.82. The number of rotatable bonds is 6. The molecule has 0 aliphatic heterocycles. The third kappa shape index (κ3) is 3.71. The molecule has 7 heteroatoms. The largest absolute Gasteiger partial charge is 0.481 e. The van der Waals surface area contributed by atoms with Gasteiger partial charge in [0.2, 0.25) is 0 Å². The highest BCUT2D eigenvalue weighted by molar-refractivity contribution is 5.91. The summed E-state index contributed by atoms with van der Waals surface area (Å²) in [6, 6.07) is 0. The fourth-order valence-corrected chi connectivity index (χ4v) is 3.79. The second-order valence-electron chi connectivity index (χ2n) is 6.78. The van der Waals surface area contributed by atoms with Gasteiger partial charge in [-0.2, -0.15) is 0 Å². The number of esters is 2. The highest BCUT2D eigenvalue weighted by atomic mass is 16.6. The average Bonchev–Trinajstić information content (AvgIpc) is 3.09. The van der Waals surface area contributed by atoms with Crippen LogP contribution in [0, 0.1) is 10.8 Å². The Balaban J connectivity index is 1.93. The summed E-state index contributed by atoms with van der Waals surface area (Å²) in [4.78, 5) is 46.6. The van der Waals surface area contributed by atoms with Gasteiger partial charge in [-0.05, 0) is 25.7 Å². The van der Waals surface area contributed by atoms with Gasteiger partial charge in [-0.25, -0.2) is 0 Å². The van der Waals surface area contributed by atoms with Crippen molar-refractivity contribution in [1.29, 1.82) is 0 Å². The molecule has 2 fully saturated rings. The first kappa shape index (κ1) is 17.4. The fourth-order valence-electron chi connectivity index (χ4n) is 3.79. The Morgan fingerprint density at radius 2 is 1.00 bits per heavy atom. The maximum absolute atomic E-state index is 11.9. The maximum Gasteiger partial charge on any atom is 0.314 e. The maximum atomic E-state index is 11.9. The Morgan fingerprint density at radius 1 is 0.696 bits per heavy atom. The molecule has 0 bridgehead atoms. The molecule has 0 unspecified atom stereocenters. The predicted octanol–water partition coefficient (Wildman–Crippen LogP) is 2.13. The molecule has 128 valence electrons. The summed E-state index contributed by atoms with van der Waals surface area (Å²) >= 11 is 0. The van der Waals surface area contributed by atoms with E-state index in [0.29, 0.717) is 25.7 Å². The van der Waals surface area contributed by atoms with E-state index < -0.39 is 34.7 Å². The molecular weight excluding hydrogens is 304 g/mol. The summed E-state index contributed by atoms with van der Waals surface area (Å²) in [5, 5.41) is 18.6. The predicted molar refractivity (Wildman–Crippen MR) is 77.4 cm³/mol. The van der Waals surface area contributed by atoms with Crippen molar-refractivity contribution in [2.45, 2.75) is 64.2 Å². The highest BCUT2D eigenvalue weighted by Gasteiger charge is 2.46. The molecule has 2 rings (SSSR count). The van der Waals surface area contributed by atoms with Crippen LogP contribution in [-0.4, -0.2) is 34.1 Å². The zero-order chi connectivity index (χ0) is 17.1. The number of ether oxygens (including phenoxy) is 1. The summed E-state index contributed by atoms with van der Waals surface area (Å²) in [7, 11) is 0. The van der Waals surface area contributed by atoms with E-state index in [1.807, 2.05) is 0 Å². The van der Waals surface area contributed by atoms with Gasteiger partial charge in [-0.15, -0.1) is 0 Å². The number of aliphatic carboxylic acids is 2. The zero-order valence-electron chi connectivity index (χ0n) is 13.0. The van der Waals surface area contributed by atoms with Crippen LogP contribution >= 0.6 is 0 Å². The highest BCUT2D eigenvalue weighted by Crippen LogP contribution is 2.43. The van der Waals surface area contributed by atoms with Crippen molar-refractivity contribution in [3.63, 3.8) is 0 Å². The summed E-state index contributed by atoms with van der Waals surface area (Å²) < 4.78 is 4.72. The molecule has 0 radical (unpaired) electrons. The lowest BCUT2D eigenvalue weighted by Crippen LogP contribution is -2.34. The number of hydrogen-bond donors (Lipinski definition) is 2. The molecule has 23 heavy (non-hydrogen) atoms. The number of hydrogen-bond acceptors (Lipinski definition) is 5. The first-order chi connectivity index (χ1) is 10.8. The minimum Gasteiger partial charge on any atom is -0.481 e. The van der Waals surface area contributed by atoms with Crippen LogP contribution in [0.2, 0.25) is 0 Å². The Kier molecular flexibility index (Phi) is 5.06. The molecule has 2 aliphatic carbocycles. The molecule has 2 N–H and O–H groups in total. The Labute approximate surface area is 134 Å². The minimum absolute atomic E-state index is 0.339. The zero-order valence-corrected chi connectivity index (χ0v) is 13.0. The molecule has 0 spiro atoms. The smallest absolute Gasteiger partial charge is 0.314 e. The van der Waals surface area contributed by atoms with E-state index in [-0.39, 0.29) is 12.8 Å². The van der Waals surface area contributed by atoms with E-state index in [9.17, 15) is 29.4 Å². The lowest BCUT2D eigenvalue weighted by Gasteiger charge is -2.24. The molecule has 0 aromatic heterocycles. The minimum atomic E-state index is -1.14. The van der Waals surface area contributed by atoms with Gasteiger partial charge in [-0.3, -0.25) is 19.2 Å². The SMILES string of the molecule is O=C(CC1(C(=O)O)CCCC1)OC(=O)CC1(C(=O)O)CCCC1. The molecule has 0 saturated heterocycles. The Hall–Kier alpha value is -1.92. The molecule has 2 saturated carbocycles. The van der Waals surface area contributed by atoms with Crippen molar-refractivity contribution >= 4 is 23.9 Å². The van der Waals surface area contributed by atoms with Gasteiger partial charge in [-0.1, -0.05) is 25.7 Å². The third-order valence-corrected chi connectivity index (χ3v) is 5.22. The summed E-state index contributed by atoms with van der Waals surface area (Å²) in [6.07, 6.45) is 3.82. The number of carbonyl (C=O) groups is 4. The molecule has 0 heterocycles. The van der Waals surface area contributed by atoms with Crippen LogP contribution in [0.4, 0.5) is 0 Å². The van der Waals surface area contributed by atoms with Crippen LogP contribution < -0.4 is 0 Å². The van der Waals surface area contributed by atoms with Crippen molar-refractivity contribution in [3.05, 3.63) is 0 Å². The van der Waals surface area contributed by atoms with Gasteiger partial charge >= 0.3 is 23.9 Å². The second-order valence-corrected chi connectivity index (χ2v) is 6.78. The molecule has 0 amide bonds. The summed E-state index contributed by atoms with van der Waals surface area (Å²) in [5.41, 5.74) is -2.29. The van der Waals surface area contributed by atoms with Crippen molar-refractivity contribution < 1.29 is 34.1 Å². The second kappa shape index (κ2) is 6.68. The van der Waals surface area contributed by atoms with Crippen LogP contribution in [0.3, 0.4) is 0 Å². The van der Waals surface area contributed by atoms with Crippen LogP contribution in [0.5, 0.6) is 0 Å². The first-order valence-corrected chi connectivity index (χ1v) is 8.00. The van der Waals surface area contributed by atoms with Gasteiger partial charge in [0.1, 0.15) is 0 Å². The number of carboxylic acid groups (broad SMARTS) is 2. The van der Waals surface area contributed by atoms with Crippen molar-refractivity contribution in [2.75, 3.05) is 0 Å².